The molecule has 0 spiro atoms. The molecule has 1 aromatic carbocycles. The topological polar surface area (TPSA) is 47.6 Å². The van der Waals surface area contributed by atoms with Gasteiger partial charge in [0.05, 0.1) is 11.1 Å². The predicted octanol–water partition coefficient (Wildman–Crippen LogP) is 2.03. The smallest absolute Gasteiger partial charge is 0.147 e. The summed E-state index contributed by atoms with van der Waals surface area (Å²) in [7, 11) is 3.09. The van der Waals surface area contributed by atoms with Crippen LogP contribution in [0.3, 0.4) is 0 Å². The van der Waals surface area contributed by atoms with Gasteiger partial charge in [0.2, 0.25) is 0 Å². The van der Waals surface area contributed by atoms with Gasteiger partial charge in [-0.15, -0.1) is 5.54 Å². The minimum Gasteiger partial charge on any atom is -0.192 e. The maximum atomic E-state index is 9.11. The van der Waals surface area contributed by atoms with E-state index in [9.17, 15) is 0 Å². The van der Waals surface area contributed by atoms with Crippen molar-refractivity contribution < 1.29 is 0 Å². The highest BCUT2D eigenvalue weighted by atomic mass is 28.1. The van der Waals surface area contributed by atoms with Crippen LogP contribution in [-0.2, 0) is 0 Å². The summed E-state index contributed by atoms with van der Waals surface area (Å²) in [6, 6.07) is 7.53. The average molecular weight is 221 g/mol. The fourth-order valence-corrected chi connectivity index (χ4v) is 1.74. The molecule has 0 fully saturated rings. The van der Waals surface area contributed by atoms with E-state index in [0.717, 1.165) is 11.1 Å². The summed E-state index contributed by atoms with van der Waals surface area (Å²) in [4.78, 5) is 0. The third kappa shape index (κ3) is 2.14. The Labute approximate surface area is 98.9 Å². The molecular weight excluding hydrogens is 212 g/mol. The van der Waals surface area contributed by atoms with Gasteiger partial charge in [0.25, 0.3) is 0 Å². The second-order valence-corrected chi connectivity index (χ2v) is 3.83. The van der Waals surface area contributed by atoms with E-state index in [4.69, 9.17) is 10.5 Å². The van der Waals surface area contributed by atoms with E-state index in [0.29, 0.717) is 11.1 Å². The van der Waals surface area contributed by atoms with E-state index in [1.807, 2.05) is 19.9 Å². The molecule has 3 radical (unpaired) electrons. The molecule has 1 aromatic rings. The summed E-state index contributed by atoms with van der Waals surface area (Å²) in [6.07, 6.45) is 0. The Bertz CT molecular complexity index is 548. The van der Waals surface area contributed by atoms with Gasteiger partial charge in [0, 0.05) is 5.56 Å². The number of nitrogens with zero attached hydrogens (tertiary/aromatic N) is 2. The van der Waals surface area contributed by atoms with Gasteiger partial charge in [-0.3, -0.25) is 0 Å². The van der Waals surface area contributed by atoms with Crippen LogP contribution in [0.25, 0.3) is 0 Å². The zero-order chi connectivity index (χ0) is 12.1. The Morgan fingerprint density at radius 2 is 1.75 bits per heavy atom. The van der Waals surface area contributed by atoms with Gasteiger partial charge in [-0.1, -0.05) is 19.8 Å². The highest BCUT2D eigenvalue weighted by molar-refractivity contribution is 6.22. The second kappa shape index (κ2) is 5.17. The van der Waals surface area contributed by atoms with Gasteiger partial charge < -0.3 is 0 Å². The van der Waals surface area contributed by atoms with Crippen LogP contribution in [0.5, 0.6) is 0 Å². The van der Waals surface area contributed by atoms with E-state index in [2.05, 4.69) is 27.8 Å². The minimum absolute atomic E-state index is 0.158. The molecule has 0 saturated carbocycles. The monoisotopic (exact) mass is 221 g/mol. The Balaban J connectivity index is 3.64. The minimum atomic E-state index is 0.158. The zero-order valence-electron chi connectivity index (χ0n) is 9.13. The maximum Gasteiger partial charge on any atom is 0.147 e. The van der Waals surface area contributed by atoms with Crippen LogP contribution in [-0.4, -0.2) is 10.2 Å². The van der Waals surface area contributed by atoms with Crippen LogP contribution in [0.15, 0.2) is 12.1 Å². The van der Waals surface area contributed by atoms with Crippen molar-refractivity contribution >= 4 is 10.2 Å². The molecule has 0 atom stereocenters. The van der Waals surface area contributed by atoms with Gasteiger partial charge in [-0.05, 0) is 23.6 Å². The van der Waals surface area contributed by atoms with E-state index in [1.54, 1.807) is 12.1 Å². The molecule has 0 saturated heterocycles. The lowest BCUT2D eigenvalue weighted by molar-refractivity contribution is 0.858. The predicted molar refractivity (Wildman–Crippen MR) is 62.6 cm³/mol. The van der Waals surface area contributed by atoms with Crippen molar-refractivity contribution in [3.8, 4) is 23.6 Å². The van der Waals surface area contributed by atoms with E-state index < -0.39 is 0 Å². The van der Waals surface area contributed by atoms with E-state index in [1.165, 1.54) is 0 Å². The quantitative estimate of drug-likeness (QED) is 0.538. The molecular formula is C13H9N2Si. The summed E-state index contributed by atoms with van der Waals surface area (Å²) < 4.78 is 0. The largest absolute Gasteiger partial charge is 0.192 e. The molecule has 0 aliphatic carbocycles. The molecule has 0 heterocycles. The zero-order valence-corrected chi connectivity index (χ0v) is 10.1. The van der Waals surface area contributed by atoms with Crippen molar-refractivity contribution in [3.05, 3.63) is 34.4 Å². The van der Waals surface area contributed by atoms with Crippen LogP contribution in [0, 0.1) is 34.1 Å². The molecule has 75 valence electrons. The first-order valence-corrected chi connectivity index (χ1v) is 5.30. The summed E-state index contributed by atoms with van der Waals surface area (Å²) >= 11 is 0. The van der Waals surface area contributed by atoms with Gasteiger partial charge in [-0.2, -0.15) is 10.5 Å². The summed E-state index contributed by atoms with van der Waals surface area (Å²) in [5, 5.41) is 18.0. The van der Waals surface area contributed by atoms with Gasteiger partial charge in [-0.25, -0.2) is 0 Å². The summed E-state index contributed by atoms with van der Waals surface area (Å²) in [5.74, 6) is 3.04. The molecule has 0 unspecified atom stereocenters. The molecule has 0 amide bonds. The maximum absolute atomic E-state index is 9.11. The molecule has 0 aliphatic rings. The van der Waals surface area contributed by atoms with Crippen LogP contribution in [0.2, 0.25) is 0 Å². The normalized spacial score (nSPS) is 8.88. The third-order valence-corrected chi connectivity index (χ3v) is 2.38. The van der Waals surface area contributed by atoms with Crippen molar-refractivity contribution in [2.75, 3.05) is 0 Å². The van der Waals surface area contributed by atoms with Crippen LogP contribution >= 0.6 is 0 Å². The second-order valence-electron chi connectivity index (χ2n) is 3.58. The Kier molecular flexibility index (Phi) is 3.89. The Morgan fingerprint density at radius 1 is 1.12 bits per heavy atom. The number of hydrogen-bond acceptors (Lipinski definition) is 2. The highest BCUT2D eigenvalue weighted by Gasteiger charge is 2.14. The van der Waals surface area contributed by atoms with Crippen molar-refractivity contribution in [2.45, 2.75) is 19.8 Å². The molecule has 0 bridgehead atoms. The van der Waals surface area contributed by atoms with Crippen LogP contribution < -0.4 is 0 Å². The van der Waals surface area contributed by atoms with Gasteiger partial charge >= 0.3 is 0 Å². The van der Waals surface area contributed by atoms with Crippen molar-refractivity contribution in [1.29, 1.82) is 10.5 Å². The fourth-order valence-electron chi connectivity index (χ4n) is 1.61. The lowest BCUT2D eigenvalue weighted by atomic mass is 9.90. The molecule has 0 aliphatic heterocycles. The number of benzene rings is 1. The van der Waals surface area contributed by atoms with Gasteiger partial charge in [0.1, 0.15) is 22.4 Å². The average Bonchev–Trinajstić information content (AvgIpc) is 2.28. The first-order valence-electron chi connectivity index (χ1n) is 4.80. The molecule has 2 nitrogen and oxygen atoms in total. The van der Waals surface area contributed by atoms with E-state index in [-0.39, 0.29) is 5.92 Å². The fraction of sp³-hybridized carbons (Fsp3) is 0.231. The van der Waals surface area contributed by atoms with Crippen LogP contribution in [0.4, 0.5) is 0 Å². The molecule has 3 heteroatoms. The standard InChI is InChI=1S/C13H9N2Si/c1-9(2)13-10(5-6-16)3-4-11(7-14)12(13)8-15/h3-4,9H,1-2H3. The van der Waals surface area contributed by atoms with Crippen molar-refractivity contribution in [1.82, 2.24) is 0 Å². The van der Waals surface area contributed by atoms with Crippen molar-refractivity contribution in [3.63, 3.8) is 0 Å². The summed E-state index contributed by atoms with van der Waals surface area (Å²) in [6.45, 7) is 3.96. The number of nitriles is 2. The first kappa shape index (κ1) is 12.0. The van der Waals surface area contributed by atoms with Gasteiger partial charge in [0.15, 0.2) is 0 Å². The SMILES string of the molecule is CC(C)c1c(C#C[Si])ccc(C#N)c1C#N. The Hall–Kier alpha value is -2.02. The lowest BCUT2D eigenvalue weighted by Crippen LogP contribution is -2.00. The summed E-state index contributed by atoms with van der Waals surface area (Å²) in [5.41, 5.74) is 5.11. The number of hydrogen-bond donors (Lipinski definition) is 0. The molecule has 0 aromatic heterocycles. The molecule has 16 heavy (non-hydrogen) atoms. The number of rotatable bonds is 1. The molecule has 1 rings (SSSR count). The molecule has 0 N–H and O–H groups in total. The first-order chi connectivity index (χ1) is 7.65. The lowest BCUT2D eigenvalue weighted by Gasteiger charge is -2.11. The van der Waals surface area contributed by atoms with Crippen LogP contribution in [0.1, 0.15) is 42.0 Å². The third-order valence-electron chi connectivity index (χ3n) is 2.25. The highest BCUT2D eigenvalue weighted by Crippen LogP contribution is 2.25. The van der Waals surface area contributed by atoms with Crippen molar-refractivity contribution in [2.24, 2.45) is 0 Å². The Morgan fingerprint density at radius 3 is 2.19 bits per heavy atom. The van der Waals surface area contributed by atoms with E-state index >= 15 is 0 Å².